The quantitative estimate of drug-likeness (QED) is 0.442. The molecule has 0 aliphatic rings. The molecule has 0 fully saturated rings. The average molecular weight is 218 g/mol. The topological polar surface area (TPSA) is 43.4 Å². The number of allylic oxidation sites excluding steroid dienone is 1. The molecule has 0 amide bonds. The largest absolute Gasteiger partial charge is 0.463 e. The highest BCUT2D eigenvalue weighted by Gasteiger charge is 2.02. The third-order valence-corrected chi connectivity index (χ3v) is 1.99. The van der Waals surface area contributed by atoms with Gasteiger partial charge in [0.05, 0.1) is 6.61 Å². The zero-order chi connectivity index (χ0) is 12.0. The van der Waals surface area contributed by atoms with E-state index in [4.69, 9.17) is 0 Å². The van der Waals surface area contributed by atoms with Crippen LogP contribution in [0.15, 0.2) is 36.4 Å². The minimum atomic E-state index is -0.497. The number of aryl methyl sites for hydroxylation is 1. The van der Waals surface area contributed by atoms with Gasteiger partial charge in [-0.15, -0.1) is 0 Å². The Morgan fingerprint density at radius 3 is 2.38 bits per heavy atom. The van der Waals surface area contributed by atoms with Gasteiger partial charge in [-0.2, -0.15) is 0 Å². The molecule has 3 nitrogen and oxygen atoms in total. The molecule has 0 aromatic heterocycles. The fourth-order valence-electron chi connectivity index (χ4n) is 1.15. The Morgan fingerprint density at radius 1 is 1.19 bits per heavy atom. The molecule has 0 aliphatic heterocycles. The molecule has 0 saturated carbocycles. The zero-order valence-corrected chi connectivity index (χ0v) is 9.40. The lowest BCUT2D eigenvalue weighted by Gasteiger charge is -1.97. The SMILES string of the molecule is CCOC(=O)/C=C\C(=O)c1ccc(C)cc1. The molecule has 0 aliphatic carbocycles. The monoisotopic (exact) mass is 218 g/mol. The van der Waals surface area contributed by atoms with Crippen molar-refractivity contribution in [2.45, 2.75) is 13.8 Å². The van der Waals surface area contributed by atoms with Crippen molar-refractivity contribution in [1.29, 1.82) is 0 Å². The van der Waals surface area contributed by atoms with Crippen LogP contribution >= 0.6 is 0 Å². The van der Waals surface area contributed by atoms with Gasteiger partial charge < -0.3 is 4.74 Å². The molecule has 0 saturated heterocycles. The molecule has 1 aromatic carbocycles. The predicted molar refractivity (Wildman–Crippen MR) is 61.3 cm³/mol. The lowest BCUT2D eigenvalue weighted by molar-refractivity contribution is -0.137. The Bertz CT molecular complexity index is 402. The molecule has 16 heavy (non-hydrogen) atoms. The number of benzene rings is 1. The second-order valence-corrected chi connectivity index (χ2v) is 3.32. The van der Waals surface area contributed by atoms with Crippen molar-refractivity contribution in [2.24, 2.45) is 0 Å². The summed E-state index contributed by atoms with van der Waals surface area (Å²) >= 11 is 0. The van der Waals surface area contributed by atoms with Crippen molar-refractivity contribution in [2.75, 3.05) is 6.61 Å². The smallest absolute Gasteiger partial charge is 0.330 e. The summed E-state index contributed by atoms with van der Waals surface area (Å²) in [5, 5.41) is 0. The van der Waals surface area contributed by atoms with Crippen molar-refractivity contribution in [3.63, 3.8) is 0 Å². The van der Waals surface area contributed by atoms with E-state index in [0.29, 0.717) is 12.2 Å². The number of hydrogen-bond acceptors (Lipinski definition) is 3. The Morgan fingerprint density at radius 2 is 1.81 bits per heavy atom. The van der Waals surface area contributed by atoms with Crippen LogP contribution < -0.4 is 0 Å². The Kier molecular flexibility index (Phi) is 4.45. The second kappa shape index (κ2) is 5.85. The molecule has 3 heteroatoms. The number of carbonyl (C=O) groups is 2. The van der Waals surface area contributed by atoms with E-state index in [1.54, 1.807) is 19.1 Å². The summed E-state index contributed by atoms with van der Waals surface area (Å²) in [6.45, 7) is 3.97. The van der Waals surface area contributed by atoms with Gasteiger partial charge in [0.15, 0.2) is 5.78 Å². The summed E-state index contributed by atoms with van der Waals surface area (Å²) in [7, 11) is 0. The standard InChI is InChI=1S/C13H14O3/c1-3-16-13(15)9-8-12(14)11-6-4-10(2)5-7-11/h4-9H,3H2,1-2H3/b9-8-. The van der Waals surface area contributed by atoms with Crippen molar-refractivity contribution < 1.29 is 14.3 Å². The predicted octanol–water partition coefficient (Wildman–Crippen LogP) is 2.30. The van der Waals surface area contributed by atoms with Crippen molar-refractivity contribution in [3.05, 3.63) is 47.5 Å². The number of esters is 1. The van der Waals surface area contributed by atoms with Gasteiger partial charge in [0.2, 0.25) is 0 Å². The number of rotatable bonds is 4. The van der Waals surface area contributed by atoms with Crippen molar-refractivity contribution >= 4 is 11.8 Å². The summed E-state index contributed by atoms with van der Waals surface area (Å²) in [6, 6.07) is 7.16. The van der Waals surface area contributed by atoms with Crippen molar-refractivity contribution in [1.82, 2.24) is 0 Å². The average Bonchev–Trinajstić information content (AvgIpc) is 2.27. The number of ketones is 1. The van der Waals surface area contributed by atoms with E-state index in [1.807, 2.05) is 19.1 Å². The van der Waals surface area contributed by atoms with Crippen LogP contribution in [0.1, 0.15) is 22.8 Å². The van der Waals surface area contributed by atoms with Crippen LogP contribution in [0, 0.1) is 6.92 Å². The van der Waals surface area contributed by atoms with Crippen LogP contribution in [0.5, 0.6) is 0 Å². The lowest BCUT2D eigenvalue weighted by Crippen LogP contribution is -2.01. The molecule has 1 rings (SSSR count). The fraction of sp³-hybridized carbons (Fsp3) is 0.231. The van der Waals surface area contributed by atoms with Crippen LogP contribution in [0.25, 0.3) is 0 Å². The highest BCUT2D eigenvalue weighted by molar-refractivity contribution is 6.06. The summed E-state index contributed by atoms with van der Waals surface area (Å²) in [4.78, 5) is 22.5. The first-order chi connectivity index (χ1) is 7.63. The van der Waals surface area contributed by atoms with E-state index in [0.717, 1.165) is 11.6 Å². The van der Waals surface area contributed by atoms with Crippen LogP contribution in [-0.2, 0) is 9.53 Å². The highest BCUT2D eigenvalue weighted by atomic mass is 16.5. The first kappa shape index (κ1) is 12.2. The van der Waals surface area contributed by atoms with E-state index in [2.05, 4.69) is 4.74 Å². The van der Waals surface area contributed by atoms with Crippen molar-refractivity contribution in [3.8, 4) is 0 Å². The van der Waals surface area contributed by atoms with Gasteiger partial charge in [0.1, 0.15) is 0 Å². The molecule has 84 valence electrons. The number of ether oxygens (including phenoxy) is 1. The molecule has 0 radical (unpaired) electrons. The molecule has 0 N–H and O–H groups in total. The Balaban J connectivity index is 2.65. The maximum atomic E-state index is 11.6. The molecule has 0 heterocycles. The van der Waals surface area contributed by atoms with Gasteiger partial charge >= 0.3 is 5.97 Å². The first-order valence-electron chi connectivity index (χ1n) is 5.09. The maximum Gasteiger partial charge on any atom is 0.330 e. The second-order valence-electron chi connectivity index (χ2n) is 3.32. The van der Waals surface area contributed by atoms with Crippen LogP contribution in [-0.4, -0.2) is 18.4 Å². The maximum absolute atomic E-state index is 11.6. The summed E-state index contributed by atoms with van der Waals surface area (Å²) in [5.41, 5.74) is 1.65. The van der Waals surface area contributed by atoms with Gasteiger partial charge in [0.25, 0.3) is 0 Å². The molecule has 0 bridgehead atoms. The lowest BCUT2D eigenvalue weighted by atomic mass is 10.1. The summed E-state index contributed by atoms with van der Waals surface area (Å²) < 4.78 is 4.67. The van der Waals surface area contributed by atoms with E-state index in [1.165, 1.54) is 6.08 Å². The normalized spacial score (nSPS) is 10.4. The molecule has 0 spiro atoms. The van der Waals surface area contributed by atoms with E-state index >= 15 is 0 Å². The molecule has 1 aromatic rings. The van der Waals surface area contributed by atoms with E-state index in [-0.39, 0.29) is 5.78 Å². The first-order valence-corrected chi connectivity index (χ1v) is 5.09. The molecular weight excluding hydrogens is 204 g/mol. The minimum Gasteiger partial charge on any atom is -0.463 e. The van der Waals surface area contributed by atoms with Gasteiger partial charge in [-0.05, 0) is 19.9 Å². The van der Waals surface area contributed by atoms with Gasteiger partial charge in [-0.3, -0.25) is 4.79 Å². The van der Waals surface area contributed by atoms with Gasteiger partial charge in [0, 0.05) is 11.6 Å². The van der Waals surface area contributed by atoms with Crippen LogP contribution in [0.3, 0.4) is 0 Å². The van der Waals surface area contributed by atoms with E-state index < -0.39 is 5.97 Å². The molecule has 0 atom stereocenters. The number of hydrogen-bond donors (Lipinski definition) is 0. The van der Waals surface area contributed by atoms with Crippen LogP contribution in [0.2, 0.25) is 0 Å². The third-order valence-electron chi connectivity index (χ3n) is 1.99. The van der Waals surface area contributed by atoms with Gasteiger partial charge in [-0.25, -0.2) is 4.79 Å². The minimum absolute atomic E-state index is 0.201. The zero-order valence-electron chi connectivity index (χ0n) is 9.40. The van der Waals surface area contributed by atoms with Gasteiger partial charge in [-0.1, -0.05) is 29.8 Å². The highest BCUT2D eigenvalue weighted by Crippen LogP contribution is 2.04. The summed E-state index contributed by atoms with van der Waals surface area (Å²) in [5.74, 6) is -0.698. The molecular formula is C13H14O3. The fourth-order valence-corrected chi connectivity index (χ4v) is 1.15. The Hall–Kier alpha value is -1.90. The van der Waals surface area contributed by atoms with E-state index in [9.17, 15) is 9.59 Å². The number of carbonyl (C=O) groups excluding carboxylic acids is 2. The van der Waals surface area contributed by atoms with Crippen LogP contribution in [0.4, 0.5) is 0 Å². The Labute approximate surface area is 94.7 Å². The molecule has 0 unspecified atom stereocenters. The third kappa shape index (κ3) is 3.69. The summed E-state index contributed by atoms with van der Waals surface area (Å²) in [6.07, 6.45) is 2.37.